The van der Waals surface area contributed by atoms with Gasteiger partial charge in [0.25, 0.3) is 0 Å². The van der Waals surface area contributed by atoms with Crippen LogP contribution in [0.1, 0.15) is 22.8 Å². The van der Waals surface area contributed by atoms with Gasteiger partial charge >= 0.3 is 0 Å². The van der Waals surface area contributed by atoms with Crippen LogP contribution in [-0.2, 0) is 0 Å². The van der Waals surface area contributed by atoms with Crippen LogP contribution < -0.4 is 4.74 Å². The average Bonchev–Trinajstić information content (AvgIpc) is 2.38. The molecule has 0 radical (unpaired) electrons. The maximum atomic E-state index is 10.4. The summed E-state index contributed by atoms with van der Waals surface area (Å²) in [4.78, 5) is 0. The van der Waals surface area contributed by atoms with Crippen molar-refractivity contribution in [2.75, 3.05) is 7.11 Å². The molecule has 2 aromatic rings. The van der Waals surface area contributed by atoms with Gasteiger partial charge in [0.05, 0.1) is 12.1 Å². The predicted octanol–water partition coefficient (Wildman–Crippen LogP) is 3.74. The summed E-state index contributed by atoms with van der Waals surface area (Å²) in [5.74, 6) is 0.593. The minimum Gasteiger partial charge on any atom is -0.496 e. The highest BCUT2D eigenvalue weighted by atomic mass is 35.5. The first-order valence-electron chi connectivity index (χ1n) is 5.70. The van der Waals surface area contributed by atoms with Crippen molar-refractivity contribution in [1.82, 2.24) is 0 Å². The smallest absolute Gasteiger partial charge is 0.126 e. The van der Waals surface area contributed by atoms with Gasteiger partial charge in [-0.3, -0.25) is 0 Å². The van der Waals surface area contributed by atoms with E-state index in [0.29, 0.717) is 16.3 Å². The van der Waals surface area contributed by atoms with Crippen LogP contribution in [0.4, 0.5) is 0 Å². The lowest BCUT2D eigenvalue weighted by Gasteiger charge is -2.16. The van der Waals surface area contributed by atoms with Crippen molar-refractivity contribution >= 4 is 11.6 Å². The maximum Gasteiger partial charge on any atom is 0.126 e. The molecule has 0 fully saturated rings. The molecule has 0 bridgehead atoms. The SMILES string of the molecule is COc1cccc(Cl)c1C(O)c1ccc(C)cc1. The zero-order chi connectivity index (χ0) is 13.1. The van der Waals surface area contributed by atoms with E-state index in [1.165, 1.54) is 0 Å². The van der Waals surface area contributed by atoms with Crippen LogP contribution in [0.25, 0.3) is 0 Å². The third kappa shape index (κ3) is 2.50. The highest BCUT2D eigenvalue weighted by Crippen LogP contribution is 2.35. The highest BCUT2D eigenvalue weighted by molar-refractivity contribution is 6.31. The van der Waals surface area contributed by atoms with E-state index in [9.17, 15) is 5.11 Å². The summed E-state index contributed by atoms with van der Waals surface area (Å²) >= 11 is 6.14. The zero-order valence-corrected chi connectivity index (χ0v) is 11.1. The van der Waals surface area contributed by atoms with E-state index in [4.69, 9.17) is 16.3 Å². The Morgan fingerprint density at radius 1 is 1.11 bits per heavy atom. The second-order valence-corrected chi connectivity index (χ2v) is 4.58. The van der Waals surface area contributed by atoms with E-state index in [0.717, 1.165) is 11.1 Å². The summed E-state index contributed by atoms with van der Waals surface area (Å²) in [5, 5.41) is 10.9. The zero-order valence-electron chi connectivity index (χ0n) is 10.4. The van der Waals surface area contributed by atoms with E-state index in [2.05, 4.69) is 0 Å². The summed E-state index contributed by atoms with van der Waals surface area (Å²) < 4.78 is 5.25. The van der Waals surface area contributed by atoms with Crippen LogP contribution in [0.15, 0.2) is 42.5 Å². The molecule has 1 N–H and O–H groups in total. The molecule has 0 heterocycles. The van der Waals surface area contributed by atoms with Crippen LogP contribution in [0.3, 0.4) is 0 Å². The van der Waals surface area contributed by atoms with Crippen molar-refractivity contribution in [3.8, 4) is 5.75 Å². The molecule has 18 heavy (non-hydrogen) atoms. The molecular formula is C15H15ClO2. The molecule has 1 atom stereocenters. The Morgan fingerprint density at radius 2 is 1.78 bits per heavy atom. The average molecular weight is 263 g/mol. The third-order valence-corrected chi connectivity index (χ3v) is 3.23. The summed E-state index contributed by atoms with van der Waals surface area (Å²) in [5.41, 5.74) is 2.55. The molecule has 2 rings (SSSR count). The number of aryl methyl sites for hydroxylation is 1. The lowest BCUT2D eigenvalue weighted by Crippen LogP contribution is -2.03. The Labute approximate surface area is 112 Å². The number of methoxy groups -OCH3 is 1. The number of halogens is 1. The van der Waals surface area contributed by atoms with Gasteiger partial charge in [0.2, 0.25) is 0 Å². The Bertz CT molecular complexity index is 535. The number of aliphatic hydroxyl groups excluding tert-OH is 1. The molecule has 0 aromatic heterocycles. The predicted molar refractivity (Wildman–Crippen MR) is 73.2 cm³/mol. The monoisotopic (exact) mass is 262 g/mol. The van der Waals surface area contributed by atoms with Crippen molar-refractivity contribution in [2.24, 2.45) is 0 Å². The minimum atomic E-state index is -0.783. The van der Waals surface area contributed by atoms with Gasteiger partial charge in [-0.2, -0.15) is 0 Å². The van der Waals surface area contributed by atoms with Crippen molar-refractivity contribution in [1.29, 1.82) is 0 Å². The Hall–Kier alpha value is -1.51. The number of benzene rings is 2. The van der Waals surface area contributed by atoms with Crippen molar-refractivity contribution < 1.29 is 9.84 Å². The van der Waals surface area contributed by atoms with Gasteiger partial charge in [-0.1, -0.05) is 47.5 Å². The largest absolute Gasteiger partial charge is 0.496 e. The number of rotatable bonds is 3. The molecule has 0 aliphatic heterocycles. The number of hydrogen-bond donors (Lipinski definition) is 1. The van der Waals surface area contributed by atoms with E-state index >= 15 is 0 Å². The summed E-state index contributed by atoms with van der Waals surface area (Å²) in [6, 6.07) is 13.0. The fourth-order valence-electron chi connectivity index (χ4n) is 1.88. The van der Waals surface area contributed by atoms with Crippen molar-refractivity contribution in [3.63, 3.8) is 0 Å². The third-order valence-electron chi connectivity index (χ3n) is 2.90. The Morgan fingerprint density at radius 3 is 2.39 bits per heavy atom. The second-order valence-electron chi connectivity index (χ2n) is 4.17. The minimum absolute atomic E-state index is 0.502. The van der Waals surface area contributed by atoms with E-state index in [1.54, 1.807) is 25.3 Å². The first kappa shape index (κ1) is 12.9. The van der Waals surface area contributed by atoms with Gasteiger partial charge in [-0.15, -0.1) is 0 Å². The quantitative estimate of drug-likeness (QED) is 0.913. The van der Waals surface area contributed by atoms with Gasteiger partial charge in [0.1, 0.15) is 11.9 Å². The van der Waals surface area contributed by atoms with Gasteiger partial charge in [0.15, 0.2) is 0 Å². The first-order chi connectivity index (χ1) is 8.63. The topological polar surface area (TPSA) is 29.5 Å². The Balaban J connectivity index is 2.45. The van der Waals surface area contributed by atoms with E-state index < -0.39 is 6.10 Å². The maximum absolute atomic E-state index is 10.4. The molecule has 0 spiro atoms. The fourth-order valence-corrected chi connectivity index (χ4v) is 2.15. The molecule has 0 amide bonds. The molecule has 0 saturated carbocycles. The summed E-state index contributed by atoms with van der Waals surface area (Å²) in [7, 11) is 1.57. The molecule has 2 aromatic carbocycles. The van der Waals surface area contributed by atoms with Crippen LogP contribution in [0.2, 0.25) is 5.02 Å². The molecular weight excluding hydrogens is 248 g/mol. The standard InChI is InChI=1S/C15H15ClO2/c1-10-6-8-11(9-7-10)15(17)14-12(16)4-3-5-13(14)18-2/h3-9,15,17H,1-2H3. The molecule has 0 aliphatic rings. The normalized spacial score (nSPS) is 12.2. The summed E-state index contributed by atoms with van der Waals surface area (Å²) in [6.45, 7) is 2.01. The fraction of sp³-hybridized carbons (Fsp3) is 0.200. The van der Waals surface area contributed by atoms with Crippen molar-refractivity contribution in [2.45, 2.75) is 13.0 Å². The molecule has 3 heteroatoms. The Kier molecular flexibility index (Phi) is 3.90. The van der Waals surface area contributed by atoms with Crippen LogP contribution in [0, 0.1) is 6.92 Å². The first-order valence-corrected chi connectivity index (χ1v) is 6.08. The van der Waals surface area contributed by atoms with Gasteiger partial charge in [-0.05, 0) is 24.6 Å². The van der Waals surface area contributed by atoms with Crippen molar-refractivity contribution in [3.05, 3.63) is 64.2 Å². The van der Waals surface area contributed by atoms with Gasteiger partial charge in [0, 0.05) is 5.56 Å². The summed E-state index contributed by atoms with van der Waals surface area (Å²) in [6.07, 6.45) is -0.783. The van der Waals surface area contributed by atoms with E-state index in [-0.39, 0.29) is 0 Å². The van der Waals surface area contributed by atoms with Crippen LogP contribution in [-0.4, -0.2) is 12.2 Å². The molecule has 2 nitrogen and oxygen atoms in total. The number of hydrogen-bond acceptors (Lipinski definition) is 2. The highest BCUT2D eigenvalue weighted by Gasteiger charge is 2.18. The van der Waals surface area contributed by atoms with E-state index in [1.807, 2.05) is 31.2 Å². The van der Waals surface area contributed by atoms with Gasteiger partial charge in [-0.25, -0.2) is 0 Å². The lowest BCUT2D eigenvalue weighted by molar-refractivity contribution is 0.215. The van der Waals surface area contributed by atoms with Crippen LogP contribution in [0.5, 0.6) is 5.75 Å². The second kappa shape index (κ2) is 5.42. The molecule has 1 unspecified atom stereocenters. The van der Waals surface area contributed by atoms with Crippen LogP contribution >= 0.6 is 11.6 Å². The molecule has 0 aliphatic carbocycles. The number of aliphatic hydroxyl groups is 1. The molecule has 0 saturated heterocycles. The van der Waals surface area contributed by atoms with Gasteiger partial charge < -0.3 is 9.84 Å². The number of ether oxygens (including phenoxy) is 1. The lowest BCUT2D eigenvalue weighted by atomic mass is 9.99. The molecule has 94 valence electrons.